The number of pyridine rings is 1. The number of aryl methyl sites for hydroxylation is 2. The highest BCUT2D eigenvalue weighted by atomic mass is 32.1. The summed E-state index contributed by atoms with van der Waals surface area (Å²) in [6.45, 7) is 0. The largest absolute Gasteiger partial charge is 0.416 e. The molecule has 2 N–H and O–H groups in total. The first-order valence-electron chi connectivity index (χ1n) is 11.3. The minimum Gasteiger partial charge on any atom is -0.383 e. The van der Waals surface area contributed by atoms with Crippen molar-refractivity contribution in [3.05, 3.63) is 75.5 Å². The second kappa shape index (κ2) is 8.23. The summed E-state index contributed by atoms with van der Waals surface area (Å²) < 4.78 is 56.8. The van der Waals surface area contributed by atoms with Crippen LogP contribution in [0.2, 0.25) is 0 Å². The van der Waals surface area contributed by atoms with E-state index >= 15 is 4.39 Å². The number of thiazole rings is 1. The Morgan fingerprint density at radius 2 is 2.03 bits per heavy atom. The van der Waals surface area contributed by atoms with Crippen molar-refractivity contribution in [3.8, 4) is 0 Å². The lowest BCUT2D eigenvalue weighted by Gasteiger charge is -2.28. The molecule has 188 valence electrons. The van der Waals surface area contributed by atoms with Gasteiger partial charge in [-0.05, 0) is 42.2 Å². The maximum Gasteiger partial charge on any atom is 0.416 e. The molecule has 5 aromatic rings. The third kappa shape index (κ3) is 3.70. The number of hydrogen-bond donors (Lipinski definition) is 1. The van der Waals surface area contributed by atoms with Gasteiger partial charge in [-0.25, -0.2) is 14.4 Å². The second-order valence-corrected chi connectivity index (χ2v) is 9.58. The molecule has 0 bridgehead atoms. The first-order chi connectivity index (χ1) is 17.6. The molecule has 0 unspecified atom stereocenters. The van der Waals surface area contributed by atoms with Crippen LogP contribution in [-0.2, 0) is 19.6 Å². The zero-order valence-electron chi connectivity index (χ0n) is 19.3. The van der Waals surface area contributed by atoms with Gasteiger partial charge >= 0.3 is 6.18 Å². The van der Waals surface area contributed by atoms with E-state index in [0.29, 0.717) is 46.1 Å². The molecule has 1 amide bonds. The molecule has 1 atom stereocenters. The first-order valence-corrected chi connectivity index (χ1v) is 12.2. The van der Waals surface area contributed by atoms with Crippen LogP contribution in [-0.4, -0.2) is 25.7 Å². The predicted molar refractivity (Wildman–Crippen MR) is 132 cm³/mol. The van der Waals surface area contributed by atoms with Crippen LogP contribution in [0.25, 0.3) is 21.8 Å². The van der Waals surface area contributed by atoms with Crippen molar-refractivity contribution in [1.29, 1.82) is 0 Å². The van der Waals surface area contributed by atoms with Crippen molar-refractivity contribution in [1.82, 2.24) is 19.7 Å². The molecule has 0 radical (unpaired) electrons. The normalized spacial score (nSPS) is 15.4. The third-order valence-corrected chi connectivity index (χ3v) is 7.31. The SMILES string of the molecule is Cn1ncc2c(N)nc3cc(F)c(C(=O)N(c4cscn4)[C@@H]4CCc5cc(C(F)(F)F)ccc54)cc3c21. The number of nitrogens with zero attached hydrogens (tertiary/aromatic N) is 5. The number of nitrogen functional groups attached to an aromatic ring is 1. The fourth-order valence-corrected chi connectivity index (χ4v) is 5.57. The number of fused-ring (bicyclic) bond motifs is 4. The quantitative estimate of drug-likeness (QED) is 0.307. The van der Waals surface area contributed by atoms with Gasteiger partial charge in [0.1, 0.15) is 17.5 Å². The summed E-state index contributed by atoms with van der Waals surface area (Å²) in [5.74, 6) is -0.959. The van der Waals surface area contributed by atoms with Crippen molar-refractivity contribution in [3.63, 3.8) is 0 Å². The van der Waals surface area contributed by atoms with Crippen LogP contribution in [0.4, 0.5) is 29.2 Å². The second-order valence-electron chi connectivity index (χ2n) is 8.86. The Labute approximate surface area is 211 Å². The van der Waals surface area contributed by atoms with E-state index in [4.69, 9.17) is 5.73 Å². The van der Waals surface area contributed by atoms with Crippen LogP contribution in [0.15, 0.2) is 47.4 Å². The standard InChI is InChI=1S/C25H18F4N6OS/c1-34-22-16-7-15(18(26)8-19(16)33-23(30)17(22)9-32-34)24(36)35(21-10-37-11-31-21)20-5-2-12-6-13(25(27,28)29)3-4-14(12)20/h3-4,6-11,20H,2,5H2,1H3,(H2,30,33)/t20-/m1/s1. The number of amides is 1. The summed E-state index contributed by atoms with van der Waals surface area (Å²) in [5.41, 5.74) is 8.56. The highest BCUT2D eigenvalue weighted by Gasteiger charge is 2.37. The minimum absolute atomic E-state index is 0.193. The van der Waals surface area contributed by atoms with Crippen molar-refractivity contribution >= 4 is 50.7 Å². The third-order valence-electron chi connectivity index (χ3n) is 6.74. The van der Waals surface area contributed by atoms with E-state index in [9.17, 15) is 18.0 Å². The number of carbonyl (C=O) groups excluding carboxylic acids is 1. The smallest absolute Gasteiger partial charge is 0.383 e. The lowest BCUT2D eigenvalue weighted by atomic mass is 10.0. The molecule has 3 heterocycles. The van der Waals surface area contributed by atoms with Gasteiger partial charge in [-0.15, -0.1) is 11.3 Å². The van der Waals surface area contributed by atoms with Crippen LogP contribution < -0.4 is 10.6 Å². The molecule has 2 aromatic carbocycles. The number of rotatable bonds is 3. The van der Waals surface area contributed by atoms with Crippen molar-refractivity contribution in [2.75, 3.05) is 10.6 Å². The molecule has 0 saturated carbocycles. The molecule has 0 aliphatic heterocycles. The van der Waals surface area contributed by atoms with E-state index in [1.54, 1.807) is 28.8 Å². The van der Waals surface area contributed by atoms with Gasteiger partial charge < -0.3 is 5.73 Å². The summed E-state index contributed by atoms with van der Waals surface area (Å²) in [6, 6.07) is 5.49. The highest BCUT2D eigenvalue weighted by molar-refractivity contribution is 7.07. The van der Waals surface area contributed by atoms with Gasteiger partial charge in [0.05, 0.1) is 45.3 Å². The van der Waals surface area contributed by atoms with Gasteiger partial charge in [-0.2, -0.15) is 18.3 Å². The summed E-state index contributed by atoms with van der Waals surface area (Å²) in [7, 11) is 1.71. The van der Waals surface area contributed by atoms with Crippen LogP contribution in [0.3, 0.4) is 0 Å². The monoisotopic (exact) mass is 526 g/mol. The molecular formula is C25H18F4N6OS. The maximum absolute atomic E-state index is 15.4. The topological polar surface area (TPSA) is 89.9 Å². The summed E-state index contributed by atoms with van der Waals surface area (Å²) in [5, 5.41) is 6.93. The average molecular weight is 527 g/mol. The predicted octanol–water partition coefficient (Wildman–Crippen LogP) is 5.65. The van der Waals surface area contributed by atoms with E-state index in [1.165, 1.54) is 28.4 Å². The Balaban J connectivity index is 1.49. The lowest BCUT2D eigenvalue weighted by molar-refractivity contribution is -0.137. The van der Waals surface area contributed by atoms with Crippen molar-refractivity contribution < 1.29 is 22.4 Å². The molecule has 1 aliphatic carbocycles. The molecule has 0 saturated heterocycles. The number of benzene rings is 2. The number of carbonyl (C=O) groups is 1. The zero-order valence-corrected chi connectivity index (χ0v) is 20.1. The van der Waals surface area contributed by atoms with Gasteiger partial charge in [-0.3, -0.25) is 14.4 Å². The maximum atomic E-state index is 15.4. The van der Waals surface area contributed by atoms with E-state index in [1.807, 2.05) is 0 Å². The molecule has 37 heavy (non-hydrogen) atoms. The Morgan fingerprint density at radius 3 is 2.76 bits per heavy atom. The number of anilines is 2. The Bertz CT molecular complexity index is 1700. The molecule has 6 rings (SSSR count). The number of nitrogens with two attached hydrogens (primary N) is 1. The molecule has 0 fully saturated rings. The van der Waals surface area contributed by atoms with Crippen LogP contribution in [0.1, 0.15) is 39.5 Å². The fraction of sp³-hybridized carbons (Fsp3) is 0.200. The number of hydrogen-bond acceptors (Lipinski definition) is 6. The highest BCUT2D eigenvalue weighted by Crippen LogP contribution is 2.42. The van der Waals surface area contributed by atoms with E-state index < -0.39 is 29.5 Å². The molecule has 12 heteroatoms. The summed E-state index contributed by atoms with van der Waals surface area (Å²) in [4.78, 5) is 23.9. The Hall–Kier alpha value is -4.06. The minimum atomic E-state index is -4.47. The van der Waals surface area contributed by atoms with Crippen molar-refractivity contribution in [2.45, 2.75) is 25.1 Å². The van der Waals surface area contributed by atoms with E-state index in [2.05, 4.69) is 15.1 Å². The van der Waals surface area contributed by atoms with Crippen molar-refractivity contribution in [2.24, 2.45) is 7.05 Å². The average Bonchev–Trinajstić information content (AvgIpc) is 3.60. The van der Waals surface area contributed by atoms with Gasteiger partial charge in [0, 0.05) is 23.9 Å². The van der Waals surface area contributed by atoms with Gasteiger partial charge in [0.15, 0.2) is 0 Å². The van der Waals surface area contributed by atoms with Gasteiger partial charge in [-0.1, -0.05) is 6.07 Å². The summed E-state index contributed by atoms with van der Waals surface area (Å²) in [6.07, 6.45) is -2.20. The molecule has 3 aromatic heterocycles. The fourth-order valence-electron chi connectivity index (χ4n) is 5.04. The molecule has 1 aliphatic rings. The number of halogens is 4. The molecule has 7 nitrogen and oxygen atoms in total. The number of aromatic nitrogens is 4. The Kier molecular flexibility index (Phi) is 5.19. The molecular weight excluding hydrogens is 508 g/mol. The molecule has 0 spiro atoms. The lowest BCUT2D eigenvalue weighted by Crippen LogP contribution is -2.35. The summed E-state index contributed by atoms with van der Waals surface area (Å²) >= 11 is 1.26. The number of alkyl halides is 3. The Morgan fingerprint density at radius 1 is 1.22 bits per heavy atom. The van der Waals surface area contributed by atoms with Gasteiger partial charge in [0.25, 0.3) is 5.91 Å². The van der Waals surface area contributed by atoms with E-state index in [-0.39, 0.29) is 16.9 Å². The zero-order chi connectivity index (χ0) is 26.1. The van der Waals surface area contributed by atoms with Gasteiger partial charge in [0.2, 0.25) is 0 Å². The van der Waals surface area contributed by atoms with E-state index in [0.717, 1.165) is 18.2 Å². The first kappa shape index (κ1) is 23.3. The van der Waals surface area contributed by atoms with Crippen LogP contribution in [0.5, 0.6) is 0 Å². The van der Waals surface area contributed by atoms with Crippen LogP contribution in [0, 0.1) is 5.82 Å². The van der Waals surface area contributed by atoms with Crippen LogP contribution >= 0.6 is 11.3 Å².